The molecule has 8 heteroatoms. The fraction of sp³-hybridized carbons (Fsp3) is 0.692. The van der Waals surface area contributed by atoms with Gasteiger partial charge in [-0.15, -0.1) is 0 Å². The minimum Gasteiger partial charge on any atom is -0.394 e. The quantitative estimate of drug-likeness (QED) is 0.632. The van der Waals surface area contributed by atoms with Crippen LogP contribution in [-0.2, 0) is 4.74 Å². The van der Waals surface area contributed by atoms with Crippen molar-refractivity contribution in [3.05, 3.63) is 4.88 Å². The van der Waals surface area contributed by atoms with Gasteiger partial charge in [0.2, 0.25) is 0 Å². The van der Waals surface area contributed by atoms with E-state index in [0.29, 0.717) is 18.0 Å². The molecule has 0 atom stereocenters. The molecule has 0 aliphatic carbocycles. The number of nitrogen functional groups attached to an aromatic ring is 1. The Labute approximate surface area is 128 Å². The highest BCUT2D eigenvalue weighted by atomic mass is 32.1. The van der Waals surface area contributed by atoms with Crippen LogP contribution in [0.25, 0.3) is 0 Å². The second-order valence-electron chi connectivity index (χ2n) is 4.85. The van der Waals surface area contributed by atoms with Gasteiger partial charge < -0.3 is 25.8 Å². The van der Waals surface area contributed by atoms with E-state index in [-0.39, 0.29) is 24.9 Å². The molecule has 0 spiro atoms. The Kier molecular flexibility index (Phi) is 6.21. The number of nitrogens with zero attached hydrogens (tertiary/aromatic N) is 2. The zero-order chi connectivity index (χ0) is 15.1. The number of thiazole rings is 1. The Morgan fingerprint density at radius 3 is 2.86 bits per heavy atom. The van der Waals surface area contributed by atoms with Gasteiger partial charge in [-0.25, -0.2) is 4.98 Å². The molecule has 1 aliphatic heterocycles. The number of rotatable bonds is 7. The predicted octanol–water partition coefficient (Wildman–Crippen LogP) is 0.454. The van der Waals surface area contributed by atoms with Crippen LogP contribution in [0.5, 0.6) is 0 Å². The lowest BCUT2D eigenvalue weighted by molar-refractivity contribution is 0.0841. The van der Waals surface area contributed by atoms with Gasteiger partial charge in [0.15, 0.2) is 5.13 Å². The van der Waals surface area contributed by atoms with E-state index >= 15 is 0 Å². The van der Waals surface area contributed by atoms with E-state index in [1.165, 1.54) is 17.8 Å². The summed E-state index contributed by atoms with van der Waals surface area (Å²) in [5, 5.41) is 12.1. The van der Waals surface area contributed by atoms with E-state index in [1.807, 2.05) is 0 Å². The largest absolute Gasteiger partial charge is 0.394 e. The third-order valence-corrected chi connectivity index (χ3v) is 4.37. The first-order valence-corrected chi connectivity index (χ1v) is 8.02. The van der Waals surface area contributed by atoms with Crippen LogP contribution in [-0.4, -0.2) is 55.5 Å². The van der Waals surface area contributed by atoms with Crippen LogP contribution in [0.4, 0.5) is 10.9 Å². The molecule has 1 saturated heterocycles. The molecule has 0 bridgehead atoms. The van der Waals surface area contributed by atoms with Crippen molar-refractivity contribution in [2.45, 2.75) is 19.3 Å². The van der Waals surface area contributed by atoms with Gasteiger partial charge in [-0.2, -0.15) is 0 Å². The highest BCUT2D eigenvalue weighted by Gasteiger charge is 2.20. The minimum atomic E-state index is -0.221. The van der Waals surface area contributed by atoms with Crippen molar-refractivity contribution in [1.82, 2.24) is 10.3 Å². The maximum Gasteiger partial charge on any atom is 0.265 e. The Balaban J connectivity index is 1.87. The van der Waals surface area contributed by atoms with Crippen molar-refractivity contribution >= 4 is 28.2 Å². The number of hydrogen-bond donors (Lipinski definition) is 3. The summed E-state index contributed by atoms with van der Waals surface area (Å²) in [6, 6.07) is 0. The number of carbonyl (C=O) groups is 1. The molecule has 7 nitrogen and oxygen atoms in total. The van der Waals surface area contributed by atoms with Crippen LogP contribution in [0.1, 0.15) is 28.9 Å². The third kappa shape index (κ3) is 4.55. The van der Waals surface area contributed by atoms with Crippen LogP contribution in [0.2, 0.25) is 0 Å². The first-order chi connectivity index (χ1) is 10.2. The van der Waals surface area contributed by atoms with Gasteiger partial charge in [0, 0.05) is 19.6 Å². The van der Waals surface area contributed by atoms with Crippen molar-refractivity contribution in [1.29, 1.82) is 0 Å². The van der Waals surface area contributed by atoms with Gasteiger partial charge in [-0.05, 0) is 19.3 Å². The number of nitrogens with two attached hydrogens (primary N) is 1. The SMILES string of the molecule is Nc1nc(N2CCCCC2)sc1C(=O)NCCOCCO. The Bertz CT molecular complexity index is 460. The number of ether oxygens (including phenoxy) is 1. The number of aliphatic hydroxyl groups is 1. The lowest BCUT2D eigenvalue weighted by Gasteiger charge is -2.25. The van der Waals surface area contributed by atoms with E-state index in [9.17, 15) is 4.79 Å². The van der Waals surface area contributed by atoms with Gasteiger partial charge in [0.1, 0.15) is 10.7 Å². The van der Waals surface area contributed by atoms with E-state index in [2.05, 4.69) is 15.2 Å². The maximum atomic E-state index is 12.1. The number of amides is 1. The zero-order valence-electron chi connectivity index (χ0n) is 12.0. The molecule has 2 heterocycles. The van der Waals surface area contributed by atoms with E-state index in [1.54, 1.807) is 0 Å². The van der Waals surface area contributed by atoms with Crippen molar-refractivity contribution in [2.24, 2.45) is 0 Å². The number of aliphatic hydroxyl groups excluding tert-OH is 1. The summed E-state index contributed by atoms with van der Waals surface area (Å²) in [4.78, 5) is 19.0. The fourth-order valence-electron chi connectivity index (χ4n) is 2.19. The Hall–Kier alpha value is -1.38. The monoisotopic (exact) mass is 314 g/mol. The highest BCUT2D eigenvalue weighted by Crippen LogP contribution is 2.29. The molecular weight excluding hydrogens is 292 g/mol. The Morgan fingerprint density at radius 2 is 2.14 bits per heavy atom. The first kappa shape index (κ1) is 16.0. The normalized spacial score (nSPS) is 15.2. The molecule has 0 aromatic carbocycles. The van der Waals surface area contributed by atoms with Gasteiger partial charge in [-0.3, -0.25) is 4.79 Å². The van der Waals surface area contributed by atoms with Gasteiger partial charge in [0.05, 0.1) is 19.8 Å². The molecule has 118 valence electrons. The van der Waals surface area contributed by atoms with Crippen LogP contribution < -0.4 is 16.0 Å². The van der Waals surface area contributed by atoms with Crippen LogP contribution >= 0.6 is 11.3 Å². The van der Waals surface area contributed by atoms with Crippen molar-refractivity contribution < 1.29 is 14.6 Å². The van der Waals surface area contributed by atoms with Crippen molar-refractivity contribution in [2.75, 3.05) is 50.1 Å². The van der Waals surface area contributed by atoms with E-state index in [0.717, 1.165) is 31.1 Å². The highest BCUT2D eigenvalue weighted by molar-refractivity contribution is 7.18. The molecule has 0 radical (unpaired) electrons. The molecule has 2 rings (SSSR count). The third-order valence-electron chi connectivity index (χ3n) is 3.24. The van der Waals surface area contributed by atoms with Crippen LogP contribution in [0, 0.1) is 0 Å². The lowest BCUT2D eigenvalue weighted by Crippen LogP contribution is -2.29. The number of anilines is 2. The number of hydrogen-bond acceptors (Lipinski definition) is 7. The molecule has 1 amide bonds. The smallest absolute Gasteiger partial charge is 0.265 e. The van der Waals surface area contributed by atoms with Crippen LogP contribution in [0.15, 0.2) is 0 Å². The molecule has 1 aromatic heterocycles. The molecule has 1 aromatic rings. The second-order valence-corrected chi connectivity index (χ2v) is 5.83. The summed E-state index contributed by atoms with van der Waals surface area (Å²) in [6.45, 7) is 2.96. The number of piperidine rings is 1. The van der Waals surface area contributed by atoms with E-state index in [4.69, 9.17) is 15.6 Å². The summed E-state index contributed by atoms with van der Waals surface area (Å²) in [5.41, 5.74) is 5.85. The summed E-state index contributed by atoms with van der Waals surface area (Å²) in [6.07, 6.45) is 3.56. The molecule has 0 unspecified atom stereocenters. The topological polar surface area (TPSA) is 101 Å². The maximum absolute atomic E-state index is 12.1. The summed E-state index contributed by atoms with van der Waals surface area (Å²) < 4.78 is 5.08. The van der Waals surface area contributed by atoms with Crippen molar-refractivity contribution in [3.63, 3.8) is 0 Å². The van der Waals surface area contributed by atoms with Gasteiger partial charge in [-0.1, -0.05) is 11.3 Å². The molecule has 0 saturated carbocycles. The lowest BCUT2D eigenvalue weighted by atomic mass is 10.1. The molecular formula is C13H22N4O3S. The standard InChI is InChI=1S/C13H22N4O3S/c14-11-10(12(19)15-4-8-20-9-7-18)21-13(16-11)17-5-2-1-3-6-17/h18H,1-9,14H2,(H,15,19). The van der Waals surface area contributed by atoms with Gasteiger partial charge in [0.25, 0.3) is 5.91 Å². The number of carbonyl (C=O) groups excluding carboxylic acids is 1. The first-order valence-electron chi connectivity index (χ1n) is 7.20. The average molecular weight is 314 g/mol. The summed E-state index contributed by atoms with van der Waals surface area (Å²) >= 11 is 1.34. The molecule has 1 fully saturated rings. The average Bonchev–Trinajstić information content (AvgIpc) is 2.90. The summed E-state index contributed by atoms with van der Waals surface area (Å²) in [5.74, 6) is 0.0650. The minimum absolute atomic E-state index is 0.0189. The predicted molar refractivity (Wildman–Crippen MR) is 82.8 cm³/mol. The number of nitrogens with one attached hydrogen (secondary N) is 1. The molecule has 21 heavy (non-hydrogen) atoms. The molecule has 4 N–H and O–H groups in total. The van der Waals surface area contributed by atoms with Crippen LogP contribution in [0.3, 0.4) is 0 Å². The summed E-state index contributed by atoms with van der Waals surface area (Å²) in [7, 11) is 0. The second kappa shape index (κ2) is 8.16. The fourth-order valence-corrected chi connectivity index (χ4v) is 3.14. The van der Waals surface area contributed by atoms with Crippen molar-refractivity contribution in [3.8, 4) is 0 Å². The zero-order valence-corrected chi connectivity index (χ0v) is 12.8. The molecule has 1 aliphatic rings. The van der Waals surface area contributed by atoms with E-state index < -0.39 is 0 Å². The number of aromatic nitrogens is 1. The Morgan fingerprint density at radius 1 is 1.38 bits per heavy atom. The van der Waals surface area contributed by atoms with Gasteiger partial charge >= 0.3 is 0 Å².